The van der Waals surface area contributed by atoms with Crippen LogP contribution in [0.25, 0.3) is 0 Å². The lowest BCUT2D eigenvalue weighted by molar-refractivity contribution is 0.104. The number of benzene rings is 2. The molecular weight excluding hydrogens is 429 g/mol. The van der Waals surface area contributed by atoms with Crippen molar-refractivity contribution >= 4 is 23.2 Å². The third-order valence-electron chi connectivity index (χ3n) is 5.90. The molecule has 6 heteroatoms. The van der Waals surface area contributed by atoms with Gasteiger partial charge in [0.25, 0.3) is 0 Å². The van der Waals surface area contributed by atoms with Crippen molar-refractivity contribution < 1.29 is 4.74 Å². The summed E-state index contributed by atoms with van der Waals surface area (Å²) >= 11 is 12.2. The maximum atomic E-state index is 6.33. The molecule has 1 unspecified atom stereocenters. The van der Waals surface area contributed by atoms with Crippen molar-refractivity contribution in [1.29, 1.82) is 0 Å². The van der Waals surface area contributed by atoms with Crippen molar-refractivity contribution in [2.45, 2.75) is 39.0 Å². The molecule has 1 aliphatic heterocycles. The van der Waals surface area contributed by atoms with E-state index in [-0.39, 0.29) is 6.10 Å². The molecular formula is C25H35Cl2N3O. The molecule has 4 nitrogen and oxygen atoms in total. The highest BCUT2D eigenvalue weighted by atomic mass is 35.5. The predicted octanol–water partition coefficient (Wildman–Crippen LogP) is 5.59. The molecule has 0 spiro atoms. The Morgan fingerprint density at radius 2 is 1.61 bits per heavy atom. The monoisotopic (exact) mass is 463 g/mol. The minimum absolute atomic E-state index is 0.0386. The van der Waals surface area contributed by atoms with Crippen LogP contribution in [0.5, 0.6) is 5.75 Å². The number of piperazine rings is 1. The first-order chi connectivity index (χ1) is 14.8. The summed E-state index contributed by atoms with van der Waals surface area (Å²) in [6.07, 6.45) is 0.854. The Morgan fingerprint density at radius 1 is 0.935 bits per heavy atom. The standard InChI is InChI=1S/C25H35Cl2N3O/c1-19(2)30-15-13-29(14-16-30)18-20-5-7-21(8-6-20)25(11-12-28(3)4)31-22-9-10-23(26)24(27)17-22/h5-10,17,19,25H,11-16,18H2,1-4H3. The van der Waals surface area contributed by atoms with Crippen LogP contribution in [0.1, 0.15) is 37.5 Å². The Kier molecular flexibility index (Phi) is 9.06. The van der Waals surface area contributed by atoms with E-state index in [2.05, 4.69) is 66.9 Å². The van der Waals surface area contributed by atoms with Crippen molar-refractivity contribution in [3.8, 4) is 5.75 Å². The Labute approximate surface area is 197 Å². The summed E-state index contributed by atoms with van der Waals surface area (Å²) in [6, 6.07) is 15.0. The van der Waals surface area contributed by atoms with Gasteiger partial charge in [-0.25, -0.2) is 0 Å². The molecule has 1 fully saturated rings. The van der Waals surface area contributed by atoms with Gasteiger partial charge in [0.1, 0.15) is 11.9 Å². The largest absolute Gasteiger partial charge is 0.486 e. The minimum Gasteiger partial charge on any atom is -0.486 e. The topological polar surface area (TPSA) is 19.0 Å². The summed E-state index contributed by atoms with van der Waals surface area (Å²) in [5.74, 6) is 0.741. The second-order valence-electron chi connectivity index (χ2n) is 8.92. The van der Waals surface area contributed by atoms with E-state index in [1.165, 1.54) is 11.1 Å². The number of nitrogens with zero attached hydrogens (tertiary/aromatic N) is 3. The van der Waals surface area contributed by atoms with Crippen molar-refractivity contribution in [2.24, 2.45) is 0 Å². The average molecular weight is 464 g/mol. The summed E-state index contributed by atoms with van der Waals surface area (Å²) < 4.78 is 6.33. The predicted molar refractivity (Wildman–Crippen MR) is 131 cm³/mol. The smallest absolute Gasteiger partial charge is 0.125 e. The molecule has 0 aromatic heterocycles. The van der Waals surface area contributed by atoms with Gasteiger partial charge in [0, 0.05) is 57.8 Å². The highest BCUT2D eigenvalue weighted by Crippen LogP contribution is 2.31. The minimum atomic E-state index is -0.0386. The van der Waals surface area contributed by atoms with Gasteiger partial charge in [0.05, 0.1) is 10.0 Å². The lowest BCUT2D eigenvalue weighted by Crippen LogP contribution is -2.48. The second kappa shape index (κ2) is 11.5. The third kappa shape index (κ3) is 7.37. The Hall–Kier alpha value is -1.30. The zero-order valence-electron chi connectivity index (χ0n) is 19.2. The fourth-order valence-electron chi connectivity index (χ4n) is 3.92. The van der Waals surface area contributed by atoms with Crippen LogP contribution >= 0.6 is 23.2 Å². The first-order valence-corrected chi connectivity index (χ1v) is 11.9. The highest BCUT2D eigenvalue weighted by molar-refractivity contribution is 6.42. The van der Waals surface area contributed by atoms with Crippen LogP contribution in [0.4, 0.5) is 0 Å². The molecule has 0 saturated carbocycles. The zero-order chi connectivity index (χ0) is 22.4. The van der Waals surface area contributed by atoms with Crippen LogP contribution in [0.2, 0.25) is 10.0 Å². The van der Waals surface area contributed by atoms with Crippen LogP contribution in [-0.4, -0.2) is 67.6 Å². The van der Waals surface area contributed by atoms with Gasteiger partial charge < -0.3 is 9.64 Å². The van der Waals surface area contributed by atoms with E-state index < -0.39 is 0 Å². The molecule has 170 valence electrons. The lowest BCUT2D eigenvalue weighted by Gasteiger charge is -2.37. The molecule has 1 atom stereocenters. The number of hydrogen-bond donors (Lipinski definition) is 0. The van der Waals surface area contributed by atoms with Gasteiger partial charge >= 0.3 is 0 Å². The summed E-state index contributed by atoms with van der Waals surface area (Å²) in [4.78, 5) is 7.27. The van der Waals surface area contributed by atoms with Crippen molar-refractivity contribution in [1.82, 2.24) is 14.7 Å². The number of ether oxygens (including phenoxy) is 1. The average Bonchev–Trinajstić information content (AvgIpc) is 2.74. The Morgan fingerprint density at radius 3 is 2.19 bits per heavy atom. The lowest BCUT2D eigenvalue weighted by atomic mass is 10.0. The molecule has 0 radical (unpaired) electrons. The number of rotatable bonds is 9. The van der Waals surface area contributed by atoms with Crippen LogP contribution in [0.3, 0.4) is 0 Å². The van der Waals surface area contributed by atoms with E-state index in [9.17, 15) is 0 Å². The second-order valence-corrected chi connectivity index (χ2v) is 9.74. The molecule has 0 aliphatic carbocycles. The fraction of sp³-hybridized carbons (Fsp3) is 0.520. The summed E-state index contributed by atoms with van der Waals surface area (Å²) in [6.45, 7) is 11.1. The van der Waals surface area contributed by atoms with Crippen molar-refractivity contribution in [3.05, 3.63) is 63.6 Å². The summed E-state index contributed by atoms with van der Waals surface area (Å²) in [5, 5.41) is 1.05. The molecule has 0 bridgehead atoms. The van der Waals surface area contributed by atoms with Crippen LogP contribution in [0, 0.1) is 0 Å². The summed E-state index contributed by atoms with van der Waals surface area (Å²) in [7, 11) is 4.16. The molecule has 0 N–H and O–H groups in total. The number of hydrogen-bond acceptors (Lipinski definition) is 4. The van der Waals surface area contributed by atoms with E-state index in [4.69, 9.17) is 27.9 Å². The highest BCUT2D eigenvalue weighted by Gasteiger charge is 2.19. The maximum Gasteiger partial charge on any atom is 0.125 e. The first-order valence-electron chi connectivity index (χ1n) is 11.1. The van der Waals surface area contributed by atoms with Gasteiger partial charge in [-0.1, -0.05) is 47.5 Å². The van der Waals surface area contributed by atoms with Crippen LogP contribution < -0.4 is 4.74 Å². The van der Waals surface area contributed by atoms with E-state index in [1.807, 2.05) is 6.07 Å². The third-order valence-corrected chi connectivity index (χ3v) is 6.64. The van der Waals surface area contributed by atoms with E-state index in [1.54, 1.807) is 12.1 Å². The molecule has 1 aliphatic rings. The van der Waals surface area contributed by atoms with E-state index in [0.717, 1.165) is 51.4 Å². The molecule has 1 saturated heterocycles. The van der Waals surface area contributed by atoms with Gasteiger partial charge in [0.15, 0.2) is 0 Å². The molecule has 2 aromatic rings. The Bertz CT molecular complexity index is 818. The van der Waals surface area contributed by atoms with Gasteiger partial charge in [-0.15, -0.1) is 0 Å². The summed E-state index contributed by atoms with van der Waals surface area (Å²) in [5.41, 5.74) is 2.53. The van der Waals surface area contributed by atoms with Crippen LogP contribution in [-0.2, 0) is 6.54 Å². The van der Waals surface area contributed by atoms with Gasteiger partial charge in [0.2, 0.25) is 0 Å². The quantitative estimate of drug-likeness (QED) is 0.482. The first kappa shape index (κ1) is 24.3. The molecule has 1 heterocycles. The van der Waals surface area contributed by atoms with Gasteiger partial charge in [-0.05, 0) is 51.2 Å². The number of halogens is 2. The zero-order valence-corrected chi connectivity index (χ0v) is 20.7. The van der Waals surface area contributed by atoms with E-state index in [0.29, 0.717) is 16.1 Å². The van der Waals surface area contributed by atoms with E-state index >= 15 is 0 Å². The Balaban J connectivity index is 1.64. The molecule has 31 heavy (non-hydrogen) atoms. The normalized spacial score (nSPS) is 16.8. The molecule has 2 aromatic carbocycles. The molecule has 3 rings (SSSR count). The molecule has 0 amide bonds. The van der Waals surface area contributed by atoms with Gasteiger partial charge in [-0.2, -0.15) is 0 Å². The SMILES string of the molecule is CC(C)N1CCN(Cc2ccc(C(CCN(C)C)Oc3ccc(Cl)c(Cl)c3)cc2)CC1. The maximum absolute atomic E-state index is 6.33. The fourth-order valence-corrected chi connectivity index (χ4v) is 4.21. The van der Waals surface area contributed by atoms with Gasteiger partial charge in [-0.3, -0.25) is 9.80 Å². The van der Waals surface area contributed by atoms with Crippen LogP contribution in [0.15, 0.2) is 42.5 Å². The van der Waals surface area contributed by atoms with Crippen molar-refractivity contribution in [2.75, 3.05) is 46.8 Å². The van der Waals surface area contributed by atoms with Crippen molar-refractivity contribution in [3.63, 3.8) is 0 Å².